The number of nitrogen functional groups attached to an aromatic ring is 1. The fourth-order valence-corrected chi connectivity index (χ4v) is 2.46. The molecule has 0 fully saturated rings. The first kappa shape index (κ1) is 16.5. The molecule has 0 unspecified atom stereocenters. The van der Waals surface area contributed by atoms with E-state index in [1.807, 2.05) is 36.4 Å². The van der Waals surface area contributed by atoms with Gasteiger partial charge in [0.25, 0.3) is 0 Å². The number of hydrogen-bond donors (Lipinski definition) is 3. The van der Waals surface area contributed by atoms with Gasteiger partial charge in [0.05, 0.1) is 0 Å². The predicted molar refractivity (Wildman–Crippen MR) is 100 cm³/mol. The molecule has 0 spiro atoms. The van der Waals surface area contributed by atoms with Gasteiger partial charge in [0.1, 0.15) is 17.8 Å². The maximum Gasteiger partial charge on any atom is 0.160 e. The van der Waals surface area contributed by atoms with Crippen LogP contribution >= 0.6 is 27.5 Å². The molecular weight excluding hydrogens is 392 g/mol. The van der Waals surface area contributed by atoms with E-state index >= 15 is 0 Å². The van der Waals surface area contributed by atoms with Crippen molar-refractivity contribution in [1.82, 2.24) is 15.0 Å². The highest BCUT2D eigenvalue weighted by molar-refractivity contribution is 9.10. The predicted octanol–water partition coefficient (Wildman–Crippen LogP) is 4.23. The Morgan fingerprint density at radius 1 is 1.04 bits per heavy atom. The Morgan fingerprint density at radius 3 is 2.58 bits per heavy atom. The summed E-state index contributed by atoms with van der Waals surface area (Å²) < 4.78 is 0.894. The Bertz CT molecular complexity index is 840. The lowest BCUT2D eigenvalue weighted by atomic mass is 10.2. The van der Waals surface area contributed by atoms with Gasteiger partial charge in [-0.1, -0.05) is 29.8 Å². The summed E-state index contributed by atoms with van der Waals surface area (Å²) in [6, 6.07) is 11.3. The topological polar surface area (TPSA) is 88.8 Å². The van der Waals surface area contributed by atoms with Gasteiger partial charge in [-0.2, -0.15) is 0 Å². The van der Waals surface area contributed by atoms with Gasteiger partial charge in [-0.05, 0) is 39.7 Å². The molecule has 4 N–H and O–H groups in total. The molecule has 2 aromatic heterocycles. The normalized spacial score (nSPS) is 10.4. The summed E-state index contributed by atoms with van der Waals surface area (Å²) in [6.45, 7) is 0.511. The number of nitrogens with two attached hydrogens (primary N) is 1. The zero-order valence-corrected chi connectivity index (χ0v) is 14.8. The van der Waals surface area contributed by atoms with Crippen molar-refractivity contribution in [3.8, 4) is 0 Å². The number of pyridine rings is 1. The fourth-order valence-electron chi connectivity index (χ4n) is 2.03. The van der Waals surface area contributed by atoms with Gasteiger partial charge in [-0.3, -0.25) is 0 Å². The van der Waals surface area contributed by atoms with Crippen LogP contribution in [0.1, 0.15) is 5.56 Å². The third kappa shape index (κ3) is 3.93. The summed E-state index contributed by atoms with van der Waals surface area (Å²) in [7, 11) is 0. The van der Waals surface area contributed by atoms with Gasteiger partial charge in [-0.25, -0.2) is 15.0 Å². The summed E-state index contributed by atoms with van der Waals surface area (Å²) in [4.78, 5) is 12.6. The molecule has 2 heterocycles. The molecule has 0 saturated heterocycles. The number of aromatic nitrogens is 3. The van der Waals surface area contributed by atoms with Crippen LogP contribution < -0.4 is 16.4 Å². The van der Waals surface area contributed by atoms with Gasteiger partial charge in [0.15, 0.2) is 11.6 Å². The van der Waals surface area contributed by atoms with Gasteiger partial charge in [0.2, 0.25) is 0 Å². The van der Waals surface area contributed by atoms with Crippen molar-refractivity contribution < 1.29 is 0 Å². The van der Waals surface area contributed by atoms with Crippen LogP contribution in [0.5, 0.6) is 0 Å². The monoisotopic (exact) mass is 404 g/mol. The Balaban J connectivity index is 1.75. The molecule has 0 aliphatic rings. The maximum atomic E-state index is 6.15. The number of anilines is 4. The molecule has 0 bridgehead atoms. The van der Waals surface area contributed by atoms with E-state index in [0.717, 1.165) is 10.0 Å². The minimum Gasteiger partial charge on any atom is -0.393 e. The SMILES string of the molecule is Nc1c(NCc2ccccc2Cl)ncnc1Nc1ccc(Br)cn1. The maximum absolute atomic E-state index is 6.15. The summed E-state index contributed by atoms with van der Waals surface area (Å²) in [5, 5.41) is 6.94. The molecule has 3 rings (SSSR count). The Labute approximate surface area is 152 Å². The Hall–Kier alpha value is -2.38. The lowest BCUT2D eigenvalue weighted by Crippen LogP contribution is -2.08. The molecule has 0 atom stereocenters. The van der Waals surface area contributed by atoms with E-state index in [0.29, 0.717) is 34.7 Å². The van der Waals surface area contributed by atoms with Crippen LogP contribution in [-0.4, -0.2) is 15.0 Å². The van der Waals surface area contributed by atoms with Crippen molar-refractivity contribution in [1.29, 1.82) is 0 Å². The molecule has 122 valence electrons. The van der Waals surface area contributed by atoms with E-state index in [4.69, 9.17) is 17.3 Å². The number of halogens is 2. The molecule has 24 heavy (non-hydrogen) atoms. The van der Waals surface area contributed by atoms with Crippen LogP contribution in [0.25, 0.3) is 0 Å². The zero-order chi connectivity index (χ0) is 16.9. The number of nitrogens with zero attached hydrogens (tertiary/aromatic N) is 3. The summed E-state index contributed by atoms with van der Waals surface area (Å²) in [5.74, 6) is 1.66. The van der Waals surface area contributed by atoms with Crippen LogP contribution in [0.15, 0.2) is 53.4 Å². The number of benzene rings is 1. The van der Waals surface area contributed by atoms with Crippen molar-refractivity contribution in [2.75, 3.05) is 16.4 Å². The molecule has 1 aromatic carbocycles. The van der Waals surface area contributed by atoms with E-state index in [1.54, 1.807) is 6.20 Å². The van der Waals surface area contributed by atoms with Gasteiger partial charge in [0, 0.05) is 22.2 Å². The molecule has 6 nitrogen and oxygen atoms in total. The van der Waals surface area contributed by atoms with Crippen molar-refractivity contribution in [3.63, 3.8) is 0 Å². The smallest absolute Gasteiger partial charge is 0.160 e. The third-order valence-corrected chi connectivity index (χ3v) is 4.10. The second-order valence-corrected chi connectivity index (χ2v) is 6.24. The third-order valence-electron chi connectivity index (χ3n) is 3.26. The molecule has 0 aliphatic carbocycles. The lowest BCUT2D eigenvalue weighted by molar-refractivity contribution is 1.08. The summed E-state index contributed by atoms with van der Waals surface area (Å²) in [6.07, 6.45) is 3.13. The van der Waals surface area contributed by atoms with Crippen LogP contribution in [-0.2, 0) is 6.54 Å². The van der Waals surface area contributed by atoms with E-state index in [-0.39, 0.29) is 0 Å². The highest BCUT2D eigenvalue weighted by Gasteiger charge is 2.09. The zero-order valence-electron chi connectivity index (χ0n) is 12.5. The van der Waals surface area contributed by atoms with E-state index in [9.17, 15) is 0 Å². The summed E-state index contributed by atoms with van der Waals surface area (Å²) >= 11 is 9.50. The van der Waals surface area contributed by atoms with E-state index < -0.39 is 0 Å². The minimum atomic E-state index is 0.411. The van der Waals surface area contributed by atoms with E-state index in [1.165, 1.54) is 6.33 Å². The molecule has 8 heteroatoms. The highest BCUT2D eigenvalue weighted by atomic mass is 79.9. The van der Waals surface area contributed by atoms with Crippen LogP contribution in [0.4, 0.5) is 23.1 Å². The first-order valence-electron chi connectivity index (χ1n) is 7.10. The average Bonchev–Trinajstić information content (AvgIpc) is 2.59. The fraction of sp³-hybridized carbons (Fsp3) is 0.0625. The molecule has 0 aliphatic heterocycles. The second-order valence-electron chi connectivity index (χ2n) is 4.92. The van der Waals surface area contributed by atoms with Crippen LogP contribution in [0.2, 0.25) is 5.02 Å². The molecule has 0 amide bonds. The number of rotatable bonds is 5. The van der Waals surface area contributed by atoms with E-state index in [2.05, 4.69) is 41.5 Å². The first-order chi connectivity index (χ1) is 11.6. The van der Waals surface area contributed by atoms with Gasteiger partial charge < -0.3 is 16.4 Å². The van der Waals surface area contributed by atoms with Crippen LogP contribution in [0.3, 0.4) is 0 Å². The number of hydrogen-bond acceptors (Lipinski definition) is 6. The summed E-state index contributed by atoms with van der Waals surface area (Å²) in [5.41, 5.74) is 7.51. The van der Waals surface area contributed by atoms with Crippen molar-refractivity contribution in [2.45, 2.75) is 6.54 Å². The van der Waals surface area contributed by atoms with Crippen molar-refractivity contribution >= 4 is 50.7 Å². The van der Waals surface area contributed by atoms with Crippen molar-refractivity contribution in [2.24, 2.45) is 0 Å². The second kappa shape index (κ2) is 7.46. The minimum absolute atomic E-state index is 0.411. The molecular formula is C16H14BrClN6. The molecule has 0 radical (unpaired) electrons. The van der Waals surface area contributed by atoms with Crippen LogP contribution in [0, 0.1) is 0 Å². The highest BCUT2D eigenvalue weighted by Crippen LogP contribution is 2.26. The van der Waals surface area contributed by atoms with Gasteiger partial charge >= 0.3 is 0 Å². The largest absolute Gasteiger partial charge is 0.393 e. The standard InChI is InChI=1S/C16H14BrClN6/c17-11-5-6-13(20-8-11)24-16-14(19)15(22-9-23-16)21-7-10-3-1-2-4-12(10)18/h1-6,8-9H,7,19H2,(H2,20,21,22,23,24). The van der Waals surface area contributed by atoms with Crippen molar-refractivity contribution in [3.05, 3.63) is 64.0 Å². The first-order valence-corrected chi connectivity index (χ1v) is 8.27. The molecule has 3 aromatic rings. The Morgan fingerprint density at radius 2 is 1.83 bits per heavy atom. The van der Waals surface area contributed by atoms with Gasteiger partial charge in [-0.15, -0.1) is 0 Å². The lowest BCUT2D eigenvalue weighted by Gasteiger charge is -2.12. The number of nitrogens with one attached hydrogen (secondary N) is 2. The Kier molecular flexibility index (Phi) is 5.12. The molecule has 0 saturated carbocycles. The average molecular weight is 406 g/mol. The quantitative estimate of drug-likeness (QED) is 0.589.